The van der Waals surface area contributed by atoms with E-state index in [2.05, 4.69) is 15.9 Å². The monoisotopic (exact) mass is 282 g/mol. The van der Waals surface area contributed by atoms with Crippen LogP contribution >= 0.6 is 15.9 Å². The van der Waals surface area contributed by atoms with Crippen molar-refractivity contribution in [3.05, 3.63) is 33.8 Å². The summed E-state index contributed by atoms with van der Waals surface area (Å²) in [6, 6.07) is 6.07. The number of aliphatic carboxylic acids is 1. The highest BCUT2D eigenvalue weighted by atomic mass is 79.9. The van der Waals surface area contributed by atoms with Crippen molar-refractivity contribution in [2.24, 2.45) is 5.41 Å². The van der Waals surface area contributed by atoms with Gasteiger partial charge in [0.1, 0.15) is 0 Å². The van der Waals surface area contributed by atoms with Gasteiger partial charge in [0.15, 0.2) is 0 Å². The molecule has 0 aromatic heterocycles. The Labute approximate surface area is 104 Å². The number of halogens is 1. The smallest absolute Gasteiger partial charge is 0.309 e. The number of carboxylic acid groups (broad SMARTS) is 1. The molecule has 3 heteroatoms. The summed E-state index contributed by atoms with van der Waals surface area (Å²) < 4.78 is 1.02. The van der Waals surface area contributed by atoms with E-state index in [0.717, 1.165) is 29.3 Å². The lowest BCUT2D eigenvalue weighted by molar-refractivity contribution is -0.154. The first kappa shape index (κ1) is 11.6. The molecule has 1 aliphatic carbocycles. The molecule has 0 bridgehead atoms. The highest BCUT2D eigenvalue weighted by Gasteiger charge is 2.44. The third kappa shape index (κ3) is 2.01. The molecule has 1 aromatic rings. The molecule has 1 aromatic carbocycles. The summed E-state index contributed by atoms with van der Waals surface area (Å²) in [6.07, 6.45) is 3.33. The van der Waals surface area contributed by atoms with Crippen LogP contribution in [0.4, 0.5) is 0 Å². The largest absolute Gasteiger partial charge is 0.481 e. The second kappa shape index (κ2) is 4.21. The predicted octanol–water partition coefficient (Wildman–Crippen LogP) is 3.55. The summed E-state index contributed by atoms with van der Waals surface area (Å²) in [5, 5.41) is 9.29. The topological polar surface area (TPSA) is 37.3 Å². The van der Waals surface area contributed by atoms with Gasteiger partial charge in [-0.2, -0.15) is 0 Å². The minimum Gasteiger partial charge on any atom is -0.481 e. The van der Waals surface area contributed by atoms with Gasteiger partial charge in [0.2, 0.25) is 0 Å². The number of rotatable bonds is 3. The molecule has 86 valence electrons. The summed E-state index contributed by atoms with van der Waals surface area (Å²) >= 11 is 3.43. The zero-order valence-corrected chi connectivity index (χ0v) is 10.9. The normalized spacial score (nSPS) is 17.9. The van der Waals surface area contributed by atoms with Crippen LogP contribution < -0.4 is 0 Å². The van der Waals surface area contributed by atoms with Gasteiger partial charge in [-0.15, -0.1) is 0 Å². The Balaban J connectivity index is 2.26. The molecule has 2 rings (SSSR count). The first-order valence-corrected chi connectivity index (χ1v) is 6.31. The molecule has 0 spiro atoms. The summed E-state index contributed by atoms with van der Waals surface area (Å²) in [6.45, 7) is 2.04. The first-order chi connectivity index (χ1) is 7.53. The lowest BCUT2D eigenvalue weighted by Crippen LogP contribution is -2.40. The van der Waals surface area contributed by atoms with Crippen LogP contribution in [-0.2, 0) is 11.2 Å². The maximum atomic E-state index is 11.3. The van der Waals surface area contributed by atoms with Gasteiger partial charge in [0.25, 0.3) is 0 Å². The van der Waals surface area contributed by atoms with Crippen LogP contribution in [0.5, 0.6) is 0 Å². The van der Waals surface area contributed by atoms with Gasteiger partial charge < -0.3 is 5.11 Å². The molecule has 1 aliphatic rings. The zero-order valence-electron chi connectivity index (χ0n) is 9.29. The fourth-order valence-electron chi connectivity index (χ4n) is 2.26. The van der Waals surface area contributed by atoms with Crippen molar-refractivity contribution in [3.63, 3.8) is 0 Å². The number of carbonyl (C=O) groups is 1. The SMILES string of the molecule is Cc1ccc(Br)cc1CC1(C(=O)O)CCC1. The fourth-order valence-corrected chi connectivity index (χ4v) is 2.67. The molecule has 0 saturated heterocycles. The van der Waals surface area contributed by atoms with Gasteiger partial charge in [0, 0.05) is 4.47 Å². The first-order valence-electron chi connectivity index (χ1n) is 5.52. The van der Waals surface area contributed by atoms with Gasteiger partial charge >= 0.3 is 5.97 Å². The summed E-state index contributed by atoms with van der Waals surface area (Å²) in [7, 11) is 0. The number of benzene rings is 1. The van der Waals surface area contributed by atoms with E-state index in [1.54, 1.807) is 0 Å². The summed E-state index contributed by atoms with van der Waals surface area (Å²) in [5.41, 5.74) is 1.83. The molecule has 0 radical (unpaired) electrons. The van der Waals surface area contributed by atoms with Gasteiger partial charge in [-0.25, -0.2) is 0 Å². The minimum atomic E-state index is -0.641. The van der Waals surface area contributed by atoms with Crippen molar-refractivity contribution in [2.45, 2.75) is 32.6 Å². The van der Waals surface area contributed by atoms with Crippen molar-refractivity contribution >= 4 is 21.9 Å². The van der Waals surface area contributed by atoms with E-state index in [9.17, 15) is 9.90 Å². The molecule has 1 fully saturated rings. The molecule has 2 nitrogen and oxygen atoms in total. The van der Waals surface area contributed by atoms with Crippen molar-refractivity contribution in [2.75, 3.05) is 0 Å². The molecule has 0 unspecified atom stereocenters. The average molecular weight is 283 g/mol. The average Bonchev–Trinajstić information content (AvgIpc) is 2.16. The van der Waals surface area contributed by atoms with E-state index in [-0.39, 0.29) is 0 Å². The summed E-state index contributed by atoms with van der Waals surface area (Å²) in [5.74, 6) is -0.641. The van der Waals surface area contributed by atoms with E-state index in [1.807, 2.05) is 25.1 Å². The van der Waals surface area contributed by atoms with Crippen LogP contribution in [0.25, 0.3) is 0 Å². The molecule has 0 heterocycles. The molecule has 0 amide bonds. The van der Waals surface area contributed by atoms with Crippen LogP contribution in [-0.4, -0.2) is 11.1 Å². The third-order valence-electron chi connectivity index (χ3n) is 3.60. The predicted molar refractivity (Wildman–Crippen MR) is 66.5 cm³/mol. The minimum absolute atomic E-state index is 0.494. The van der Waals surface area contributed by atoms with E-state index in [0.29, 0.717) is 6.42 Å². The molecule has 0 atom stereocenters. The Morgan fingerprint density at radius 3 is 2.69 bits per heavy atom. The second-order valence-electron chi connectivity index (χ2n) is 4.69. The van der Waals surface area contributed by atoms with E-state index in [1.165, 1.54) is 5.56 Å². The lowest BCUT2D eigenvalue weighted by Gasteiger charge is -2.38. The van der Waals surface area contributed by atoms with Crippen molar-refractivity contribution in [3.8, 4) is 0 Å². The Morgan fingerprint density at radius 2 is 2.19 bits per heavy atom. The standard InChI is InChI=1S/C13H15BrO2/c1-9-3-4-11(14)7-10(9)8-13(12(15)16)5-2-6-13/h3-4,7H,2,5-6,8H2,1H3,(H,15,16). The molecular formula is C13H15BrO2. The van der Waals surface area contributed by atoms with E-state index >= 15 is 0 Å². The van der Waals surface area contributed by atoms with Gasteiger partial charge in [0.05, 0.1) is 5.41 Å². The number of aryl methyl sites for hydroxylation is 1. The Hall–Kier alpha value is -0.830. The molecule has 16 heavy (non-hydrogen) atoms. The molecule has 1 saturated carbocycles. The summed E-state index contributed by atoms with van der Waals surface area (Å²) in [4.78, 5) is 11.3. The zero-order chi connectivity index (χ0) is 11.8. The van der Waals surface area contributed by atoms with E-state index < -0.39 is 11.4 Å². The quantitative estimate of drug-likeness (QED) is 0.921. The van der Waals surface area contributed by atoms with Crippen molar-refractivity contribution in [1.29, 1.82) is 0 Å². The fraction of sp³-hybridized carbons (Fsp3) is 0.462. The van der Waals surface area contributed by atoms with E-state index in [4.69, 9.17) is 0 Å². The molecular weight excluding hydrogens is 268 g/mol. The van der Waals surface area contributed by atoms with Crippen LogP contribution in [0.15, 0.2) is 22.7 Å². The van der Waals surface area contributed by atoms with Crippen molar-refractivity contribution < 1.29 is 9.90 Å². The highest BCUT2D eigenvalue weighted by Crippen LogP contribution is 2.44. The van der Waals surface area contributed by atoms with Gasteiger partial charge in [-0.05, 0) is 49.4 Å². The van der Waals surface area contributed by atoms with Crippen LogP contribution in [0, 0.1) is 12.3 Å². The van der Waals surface area contributed by atoms with Gasteiger partial charge in [-0.1, -0.05) is 28.4 Å². The number of carboxylic acids is 1. The Morgan fingerprint density at radius 1 is 1.50 bits per heavy atom. The van der Waals surface area contributed by atoms with Crippen LogP contribution in [0.2, 0.25) is 0 Å². The lowest BCUT2D eigenvalue weighted by atomic mass is 9.65. The Kier molecular flexibility index (Phi) is 3.06. The van der Waals surface area contributed by atoms with Crippen LogP contribution in [0.1, 0.15) is 30.4 Å². The van der Waals surface area contributed by atoms with Crippen LogP contribution in [0.3, 0.4) is 0 Å². The maximum Gasteiger partial charge on any atom is 0.309 e. The van der Waals surface area contributed by atoms with Gasteiger partial charge in [-0.3, -0.25) is 4.79 Å². The number of hydrogen-bond donors (Lipinski definition) is 1. The van der Waals surface area contributed by atoms with Crippen molar-refractivity contribution in [1.82, 2.24) is 0 Å². The number of hydrogen-bond acceptors (Lipinski definition) is 1. The highest BCUT2D eigenvalue weighted by molar-refractivity contribution is 9.10. The molecule has 0 aliphatic heterocycles. The Bertz CT molecular complexity index is 422. The maximum absolute atomic E-state index is 11.3. The second-order valence-corrected chi connectivity index (χ2v) is 5.60. The molecule has 1 N–H and O–H groups in total. The third-order valence-corrected chi connectivity index (χ3v) is 4.10.